The van der Waals surface area contributed by atoms with E-state index in [1.807, 2.05) is 12.3 Å². The van der Waals surface area contributed by atoms with E-state index in [1.165, 1.54) is 12.1 Å². The minimum atomic E-state index is -3.54. The van der Waals surface area contributed by atoms with Gasteiger partial charge in [-0.05, 0) is 31.2 Å². The van der Waals surface area contributed by atoms with Crippen LogP contribution in [0, 0.1) is 0 Å². The lowest BCUT2D eigenvalue weighted by Gasteiger charge is -2.07. The van der Waals surface area contributed by atoms with Crippen LogP contribution in [-0.4, -0.2) is 20.0 Å². The zero-order valence-electron chi connectivity index (χ0n) is 12.9. The number of hydrogen-bond donors (Lipinski definition) is 1. The summed E-state index contributed by atoms with van der Waals surface area (Å²) < 4.78 is 32.4. The molecular formula is C15H20N2O3S2. The molecule has 120 valence electrons. The van der Waals surface area contributed by atoms with Crippen LogP contribution in [0.1, 0.15) is 37.4 Å². The molecule has 0 unspecified atom stereocenters. The van der Waals surface area contributed by atoms with Crippen molar-refractivity contribution in [2.45, 2.75) is 38.1 Å². The number of nitrogens with zero attached hydrogens (tertiary/aromatic N) is 1. The van der Waals surface area contributed by atoms with Crippen LogP contribution in [0.5, 0.6) is 5.75 Å². The molecule has 0 spiro atoms. The molecule has 2 aromatic rings. The number of thiazole rings is 1. The average Bonchev–Trinajstić information content (AvgIpc) is 2.95. The number of nitrogens with one attached hydrogen (secondary N) is 1. The molecule has 0 atom stereocenters. The van der Waals surface area contributed by atoms with Crippen molar-refractivity contribution in [2.75, 3.05) is 6.61 Å². The number of sulfonamides is 1. The quantitative estimate of drug-likeness (QED) is 0.841. The fraction of sp³-hybridized carbons (Fsp3) is 0.400. The van der Waals surface area contributed by atoms with Crippen molar-refractivity contribution in [3.63, 3.8) is 0 Å². The van der Waals surface area contributed by atoms with Gasteiger partial charge in [0.05, 0.1) is 28.7 Å². The highest BCUT2D eigenvalue weighted by Crippen LogP contribution is 2.20. The Morgan fingerprint density at radius 2 is 1.95 bits per heavy atom. The van der Waals surface area contributed by atoms with E-state index in [4.69, 9.17) is 4.74 Å². The fourth-order valence-corrected chi connectivity index (χ4v) is 3.64. The highest BCUT2D eigenvalue weighted by Gasteiger charge is 2.15. The van der Waals surface area contributed by atoms with Crippen LogP contribution in [0.4, 0.5) is 0 Å². The minimum absolute atomic E-state index is 0.193. The van der Waals surface area contributed by atoms with Gasteiger partial charge in [-0.25, -0.2) is 18.1 Å². The van der Waals surface area contributed by atoms with Crippen LogP contribution in [0.3, 0.4) is 0 Å². The Hall–Kier alpha value is -1.44. The van der Waals surface area contributed by atoms with E-state index in [1.54, 1.807) is 23.5 Å². The van der Waals surface area contributed by atoms with Crippen LogP contribution in [0.2, 0.25) is 0 Å². The molecule has 22 heavy (non-hydrogen) atoms. The van der Waals surface area contributed by atoms with Gasteiger partial charge in [0.25, 0.3) is 0 Å². The van der Waals surface area contributed by atoms with Crippen molar-refractivity contribution < 1.29 is 13.2 Å². The first-order chi connectivity index (χ1) is 10.4. The molecule has 0 fully saturated rings. The van der Waals surface area contributed by atoms with E-state index in [0.717, 1.165) is 10.7 Å². The number of benzene rings is 1. The average molecular weight is 340 g/mol. The molecule has 0 saturated heterocycles. The Morgan fingerprint density at radius 1 is 1.27 bits per heavy atom. The predicted octanol–water partition coefficient (Wildman–Crippen LogP) is 3.14. The fourth-order valence-electron chi connectivity index (χ4n) is 1.80. The van der Waals surface area contributed by atoms with Crippen LogP contribution in [-0.2, 0) is 16.6 Å². The van der Waals surface area contributed by atoms with Crippen LogP contribution in [0.25, 0.3) is 0 Å². The number of rotatable bonds is 7. The Labute approximate surface area is 135 Å². The van der Waals surface area contributed by atoms with Gasteiger partial charge in [-0.3, -0.25) is 0 Å². The molecule has 0 bridgehead atoms. The summed E-state index contributed by atoms with van der Waals surface area (Å²) in [5, 5.41) is 2.89. The van der Waals surface area contributed by atoms with Gasteiger partial charge in [0.2, 0.25) is 10.0 Å². The van der Waals surface area contributed by atoms with Crippen LogP contribution >= 0.6 is 11.3 Å². The maximum absolute atomic E-state index is 12.2. The maximum Gasteiger partial charge on any atom is 0.240 e. The van der Waals surface area contributed by atoms with E-state index >= 15 is 0 Å². The van der Waals surface area contributed by atoms with E-state index in [2.05, 4.69) is 23.6 Å². The second-order valence-electron chi connectivity index (χ2n) is 5.06. The lowest BCUT2D eigenvalue weighted by atomic mass is 10.2. The summed E-state index contributed by atoms with van der Waals surface area (Å²) in [7, 11) is -3.54. The van der Waals surface area contributed by atoms with Gasteiger partial charge in [0.1, 0.15) is 5.75 Å². The Kier molecular flexibility index (Phi) is 5.55. The zero-order valence-corrected chi connectivity index (χ0v) is 14.5. The topological polar surface area (TPSA) is 68.3 Å². The van der Waals surface area contributed by atoms with E-state index in [-0.39, 0.29) is 11.4 Å². The number of ether oxygens (including phenoxy) is 1. The summed E-state index contributed by atoms with van der Waals surface area (Å²) >= 11 is 1.55. The second-order valence-corrected chi connectivity index (χ2v) is 7.72. The third kappa shape index (κ3) is 4.28. The van der Waals surface area contributed by atoms with Gasteiger partial charge in [0.15, 0.2) is 0 Å². The van der Waals surface area contributed by atoms with Crippen LogP contribution in [0.15, 0.2) is 34.5 Å². The molecule has 0 aliphatic carbocycles. The SMILES string of the molecule is CCOc1ccc(S(=O)(=O)NCc2csc(C(C)C)n2)cc1. The molecule has 0 amide bonds. The molecule has 7 heteroatoms. The third-order valence-corrected chi connectivity index (χ3v) is 5.56. The molecule has 0 aliphatic heterocycles. The maximum atomic E-state index is 12.2. The van der Waals surface area contributed by atoms with Crippen molar-refractivity contribution in [3.05, 3.63) is 40.3 Å². The zero-order chi connectivity index (χ0) is 16.2. The Bertz CT molecular complexity index is 707. The third-order valence-electron chi connectivity index (χ3n) is 2.95. The molecular weight excluding hydrogens is 320 g/mol. The summed E-state index contributed by atoms with van der Waals surface area (Å²) in [6.45, 7) is 6.75. The van der Waals surface area contributed by atoms with Crippen molar-refractivity contribution >= 4 is 21.4 Å². The highest BCUT2D eigenvalue weighted by atomic mass is 32.2. The second kappa shape index (κ2) is 7.21. The number of aromatic nitrogens is 1. The van der Waals surface area contributed by atoms with Gasteiger partial charge >= 0.3 is 0 Å². The predicted molar refractivity (Wildman–Crippen MR) is 87.8 cm³/mol. The van der Waals surface area contributed by atoms with E-state index in [0.29, 0.717) is 18.3 Å². The van der Waals surface area contributed by atoms with E-state index < -0.39 is 10.0 Å². The molecule has 2 rings (SSSR count). The normalized spacial score (nSPS) is 11.8. The van der Waals surface area contributed by atoms with E-state index in [9.17, 15) is 8.42 Å². The molecule has 0 radical (unpaired) electrons. The smallest absolute Gasteiger partial charge is 0.240 e. The first kappa shape index (κ1) is 16.9. The van der Waals surface area contributed by atoms with Crippen molar-refractivity contribution in [3.8, 4) is 5.75 Å². The molecule has 1 aromatic carbocycles. The van der Waals surface area contributed by atoms with Gasteiger partial charge < -0.3 is 4.74 Å². The minimum Gasteiger partial charge on any atom is -0.494 e. The Balaban J connectivity index is 2.03. The van der Waals surface area contributed by atoms with Crippen molar-refractivity contribution in [2.24, 2.45) is 0 Å². The summed E-state index contributed by atoms with van der Waals surface area (Å²) in [6, 6.07) is 6.37. The molecule has 1 heterocycles. The first-order valence-corrected chi connectivity index (χ1v) is 9.45. The molecule has 0 aliphatic rings. The molecule has 0 saturated carbocycles. The Morgan fingerprint density at radius 3 is 2.50 bits per heavy atom. The first-order valence-electron chi connectivity index (χ1n) is 7.09. The van der Waals surface area contributed by atoms with Gasteiger partial charge in [-0.15, -0.1) is 11.3 Å². The van der Waals surface area contributed by atoms with Gasteiger partial charge in [-0.2, -0.15) is 0 Å². The van der Waals surface area contributed by atoms with Crippen LogP contribution < -0.4 is 9.46 Å². The van der Waals surface area contributed by atoms with Crippen molar-refractivity contribution in [1.82, 2.24) is 9.71 Å². The van der Waals surface area contributed by atoms with Gasteiger partial charge in [0, 0.05) is 11.3 Å². The van der Waals surface area contributed by atoms with Crippen molar-refractivity contribution in [1.29, 1.82) is 0 Å². The monoisotopic (exact) mass is 340 g/mol. The summed E-state index contributed by atoms with van der Waals surface area (Å²) in [4.78, 5) is 4.63. The largest absolute Gasteiger partial charge is 0.494 e. The summed E-state index contributed by atoms with van der Waals surface area (Å²) in [5.74, 6) is 1.00. The lowest BCUT2D eigenvalue weighted by Crippen LogP contribution is -2.23. The number of hydrogen-bond acceptors (Lipinski definition) is 5. The highest BCUT2D eigenvalue weighted by molar-refractivity contribution is 7.89. The lowest BCUT2D eigenvalue weighted by molar-refractivity contribution is 0.340. The molecule has 1 N–H and O–H groups in total. The summed E-state index contributed by atoms with van der Waals surface area (Å²) in [5.41, 5.74) is 0.739. The summed E-state index contributed by atoms with van der Waals surface area (Å²) in [6.07, 6.45) is 0. The standard InChI is InChI=1S/C15H20N2O3S2/c1-4-20-13-5-7-14(8-6-13)22(18,19)16-9-12-10-21-15(17-12)11(2)3/h5-8,10-11,16H,4,9H2,1-3H3. The molecule has 5 nitrogen and oxygen atoms in total. The molecule has 1 aromatic heterocycles. The van der Waals surface area contributed by atoms with Gasteiger partial charge in [-0.1, -0.05) is 13.8 Å².